The van der Waals surface area contributed by atoms with Crippen LogP contribution in [-0.4, -0.2) is 30.2 Å². The Morgan fingerprint density at radius 2 is 2.04 bits per heavy atom. The smallest absolute Gasteiger partial charge is 0.302 e. The Labute approximate surface area is 145 Å². The fraction of sp³-hybridized carbons (Fsp3) is 0.312. The highest BCUT2D eigenvalue weighted by atomic mass is 19.2. The Kier molecular flexibility index (Phi) is 3.63. The molecule has 0 N–H and O–H groups in total. The van der Waals surface area contributed by atoms with E-state index < -0.39 is 35.0 Å². The Morgan fingerprint density at radius 1 is 1.23 bits per heavy atom. The molecule has 1 aliphatic heterocycles. The minimum Gasteiger partial charge on any atom is -0.302 e. The number of carbonyl (C=O) groups is 1. The fourth-order valence-electron chi connectivity index (χ4n) is 3.08. The molecule has 4 heterocycles. The van der Waals surface area contributed by atoms with Crippen LogP contribution in [0.1, 0.15) is 31.7 Å². The maximum Gasteiger partial charge on any atom is 0.313 e. The van der Waals surface area contributed by atoms with Gasteiger partial charge in [0.2, 0.25) is 11.6 Å². The van der Waals surface area contributed by atoms with Gasteiger partial charge in [-0.05, 0) is 12.8 Å². The Balaban J connectivity index is 1.92. The predicted molar refractivity (Wildman–Crippen MR) is 84.4 cm³/mol. The third kappa shape index (κ3) is 2.25. The summed E-state index contributed by atoms with van der Waals surface area (Å²) in [5.74, 6) is -2.93. The quantitative estimate of drug-likeness (QED) is 0.527. The van der Waals surface area contributed by atoms with Crippen LogP contribution in [0.15, 0.2) is 24.8 Å². The lowest BCUT2D eigenvalue weighted by Crippen LogP contribution is -2.35. The molecule has 1 unspecified atom stereocenters. The molecule has 0 aromatic carbocycles. The molecule has 0 fully saturated rings. The van der Waals surface area contributed by atoms with E-state index in [9.17, 15) is 13.6 Å². The van der Waals surface area contributed by atoms with Gasteiger partial charge in [-0.15, -0.1) is 0 Å². The van der Waals surface area contributed by atoms with E-state index >= 15 is 4.39 Å². The first kappa shape index (κ1) is 16.4. The van der Waals surface area contributed by atoms with E-state index in [-0.39, 0.29) is 12.2 Å². The number of halogens is 3. The summed E-state index contributed by atoms with van der Waals surface area (Å²) in [6.45, 7) is 1.81. The van der Waals surface area contributed by atoms with Gasteiger partial charge in [0.25, 0.3) is 5.91 Å². The maximum absolute atomic E-state index is 15.6. The van der Waals surface area contributed by atoms with Crippen molar-refractivity contribution < 1.29 is 18.0 Å². The lowest BCUT2D eigenvalue weighted by atomic mass is 9.93. The van der Waals surface area contributed by atoms with Gasteiger partial charge in [-0.3, -0.25) is 4.79 Å². The molecule has 3 aromatic heterocycles. The summed E-state index contributed by atoms with van der Waals surface area (Å²) in [5.41, 5.74) is -2.82. The summed E-state index contributed by atoms with van der Waals surface area (Å²) < 4.78 is 45.0. The second kappa shape index (κ2) is 5.75. The van der Waals surface area contributed by atoms with Gasteiger partial charge >= 0.3 is 6.08 Å². The summed E-state index contributed by atoms with van der Waals surface area (Å²) in [7, 11) is 0. The van der Waals surface area contributed by atoms with Crippen LogP contribution in [0.3, 0.4) is 0 Å². The van der Waals surface area contributed by atoms with Gasteiger partial charge in [0, 0.05) is 12.4 Å². The van der Waals surface area contributed by atoms with Gasteiger partial charge in [-0.1, -0.05) is 13.3 Å². The molecule has 134 valence electrons. The number of unbranched alkanes of at least 4 members (excludes halogenated alkanes) is 1. The van der Waals surface area contributed by atoms with Crippen LogP contribution in [-0.2, 0) is 10.5 Å². The molecule has 0 bridgehead atoms. The summed E-state index contributed by atoms with van der Waals surface area (Å²) in [6, 6.07) is 0. The fourth-order valence-corrected chi connectivity index (χ4v) is 3.08. The van der Waals surface area contributed by atoms with E-state index in [0.717, 1.165) is 4.90 Å². The van der Waals surface area contributed by atoms with Crippen molar-refractivity contribution in [2.75, 3.05) is 4.90 Å². The van der Waals surface area contributed by atoms with E-state index in [1.165, 1.54) is 18.6 Å². The lowest BCUT2D eigenvalue weighted by Gasteiger charge is -2.19. The molecule has 1 atom stereocenters. The average Bonchev–Trinajstić information content (AvgIpc) is 3.14. The first-order valence-corrected chi connectivity index (χ1v) is 8.01. The highest BCUT2D eigenvalue weighted by Gasteiger charge is 2.56. The van der Waals surface area contributed by atoms with Crippen LogP contribution in [0.5, 0.6) is 0 Å². The number of imidazole rings is 1. The maximum atomic E-state index is 15.6. The number of carbonyl (C=O) groups excluding carboxylic acids is 1. The first-order chi connectivity index (χ1) is 12.5. The van der Waals surface area contributed by atoms with E-state index in [1.54, 1.807) is 10.6 Å². The van der Waals surface area contributed by atoms with E-state index in [1.807, 2.05) is 6.92 Å². The van der Waals surface area contributed by atoms with Gasteiger partial charge in [0.1, 0.15) is 0 Å². The number of rotatable bonds is 4. The van der Waals surface area contributed by atoms with E-state index in [2.05, 4.69) is 19.9 Å². The number of hydrogen-bond acceptors (Lipinski definition) is 5. The number of anilines is 2. The SMILES string of the molecule is CCCCC1(F)C(=O)N(c2cn3ccnc3cn2)c2nc(F)nc(F)c21. The molecule has 0 aliphatic carbocycles. The van der Waals surface area contributed by atoms with Crippen LogP contribution >= 0.6 is 0 Å². The van der Waals surface area contributed by atoms with Crippen molar-refractivity contribution in [3.8, 4) is 0 Å². The third-order valence-corrected chi connectivity index (χ3v) is 4.34. The summed E-state index contributed by atoms with van der Waals surface area (Å²) in [4.78, 5) is 28.2. The van der Waals surface area contributed by atoms with Gasteiger partial charge in [-0.25, -0.2) is 19.3 Å². The number of fused-ring (bicyclic) bond motifs is 2. The van der Waals surface area contributed by atoms with Crippen molar-refractivity contribution in [2.24, 2.45) is 0 Å². The minimum absolute atomic E-state index is 0.0183. The molecule has 7 nitrogen and oxygen atoms in total. The van der Waals surface area contributed by atoms with Crippen molar-refractivity contribution in [3.63, 3.8) is 0 Å². The van der Waals surface area contributed by atoms with Crippen LogP contribution < -0.4 is 4.90 Å². The Bertz CT molecular complexity index is 1020. The zero-order valence-electron chi connectivity index (χ0n) is 13.7. The molecule has 1 amide bonds. The molecule has 3 aromatic rings. The van der Waals surface area contributed by atoms with Gasteiger partial charge in [-0.2, -0.15) is 18.7 Å². The highest BCUT2D eigenvalue weighted by molar-refractivity contribution is 6.10. The molecule has 0 radical (unpaired) electrons. The van der Waals surface area contributed by atoms with Crippen LogP contribution in [0, 0.1) is 12.0 Å². The zero-order valence-corrected chi connectivity index (χ0v) is 13.7. The second-order valence-electron chi connectivity index (χ2n) is 5.97. The summed E-state index contributed by atoms with van der Waals surface area (Å²) in [6.07, 6.45) is 5.17. The van der Waals surface area contributed by atoms with Gasteiger partial charge in [0.05, 0.1) is 18.0 Å². The van der Waals surface area contributed by atoms with Gasteiger partial charge < -0.3 is 4.40 Å². The first-order valence-electron chi connectivity index (χ1n) is 8.01. The second-order valence-corrected chi connectivity index (χ2v) is 5.97. The monoisotopic (exact) mass is 362 g/mol. The van der Waals surface area contributed by atoms with Gasteiger partial charge in [0.15, 0.2) is 17.3 Å². The van der Waals surface area contributed by atoms with Crippen molar-refractivity contribution in [2.45, 2.75) is 31.9 Å². The molecule has 26 heavy (non-hydrogen) atoms. The number of amides is 1. The number of alkyl halides is 1. The molecule has 1 aliphatic rings. The molecule has 4 rings (SSSR count). The number of hydrogen-bond donors (Lipinski definition) is 0. The van der Waals surface area contributed by atoms with E-state index in [4.69, 9.17) is 0 Å². The van der Waals surface area contributed by atoms with Crippen LogP contribution in [0.2, 0.25) is 0 Å². The van der Waals surface area contributed by atoms with Crippen LogP contribution in [0.4, 0.5) is 24.8 Å². The normalized spacial score (nSPS) is 19.4. The Morgan fingerprint density at radius 3 is 2.81 bits per heavy atom. The predicted octanol–water partition coefficient (Wildman–Crippen LogP) is 2.83. The number of aromatic nitrogens is 5. The standard InChI is InChI=1S/C16H13F3N6O/c1-2-3-4-16(19)11-12(17)22-15(18)23-13(11)25(14(16)26)10-8-24-6-5-20-9(24)7-21-10/h5-8H,2-4H2,1H3. The highest BCUT2D eigenvalue weighted by Crippen LogP contribution is 2.48. The Hall–Kier alpha value is -3.04. The summed E-state index contributed by atoms with van der Waals surface area (Å²) >= 11 is 0. The van der Waals surface area contributed by atoms with Crippen molar-refractivity contribution in [1.29, 1.82) is 0 Å². The van der Waals surface area contributed by atoms with Crippen molar-refractivity contribution >= 4 is 23.2 Å². The van der Waals surface area contributed by atoms with Crippen molar-refractivity contribution in [3.05, 3.63) is 42.4 Å². The summed E-state index contributed by atoms with van der Waals surface area (Å²) in [5, 5.41) is 0. The molecule has 0 spiro atoms. The number of nitrogens with zero attached hydrogens (tertiary/aromatic N) is 6. The average molecular weight is 362 g/mol. The minimum atomic E-state index is -2.67. The molecule has 10 heteroatoms. The third-order valence-electron chi connectivity index (χ3n) is 4.34. The van der Waals surface area contributed by atoms with Crippen molar-refractivity contribution in [1.82, 2.24) is 24.3 Å². The molecular weight excluding hydrogens is 349 g/mol. The zero-order chi connectivity index (χ0) is 18.5. The van der Waals surface area contributed by atoms with Crippen LogP contribution in [0.25, 0.3) is 5.65 Å². The largest absolute Gasteiger partial charge is 0.313 e. The topological polar surface area (TPSA) is 76.3 Å². The molecule has 0 saturated heterocycles. The van der Waals surface area contributed by atoms with E-state index in [0.29, 0.717) is 18.5 Å². The molecular formula is C16H13F3N6O. The molecule has 0 saturated carbocycles. The lowest BCUT2D eigenvalue weighted by molar-refractivity contribution is -0.129.